The van der Waals surface area contributed by atoms with E-state index < -0.39 is 75.9 Å². The van der Waals surface area contributed by atoms with Crippen molar-refractivity contribution in [1.29, 1.82) is 0 Å². The fraction of sp³-hybridized carbons (Fsp3) is 0.455. The number of thiol groups is 1. The number of ether oxygens (including phenoxy) is 2. The van der Waals surface area contributed by atoms with Crippen LogP contribution in [0.1, 0.15) is 12.5 Å². The Bertz CT molecular complexity index is 1890. The van der Waals surface area contributed by atoms with Crippen molar-refractivity contribution in [2.45, 2.75) is 49.1 Å². The van der Waals surface area contributed by atoms with E-state index in [9.17, 15) is 14.6 Å². The summed E-state index contributed by atoms with van der Waals surface area (Å²) in [5.41, 5.74) is 7.12. The zero-order valence-electron chi connectivity index (χ0n) is 22.3. The molecule has 3 aliphatic heterocycles. The first-order valence-electron chi connectivity index (χ1n) is 13.0. The summed E-state index contributed by atoms with van der Waals surface area (Å²) in [7, 11) is 0. The first kappa shape index (κ1) is 32.0. The number of rotatable bonds is 2. The van der Waals surface area contributed by atoms with Gasteiger partial charge in [-0.05, 0) is 23.9 Å². The zero-order chi connectivity index (χ0) is 31.8. The lowest BCUT2D eigenvalue weighted by Gasteiger charge is -2.27. The molecule has 242 valence electrons. The molecule has 3 saturated heterocycles. The van der Waals surface area contributed by atoms with E-state index in [-0.39, 0.29) is 27.0 Å². The maximum atomic E-state index is 16.0. The molecule has 0 radical (unpaired) electrons. The van der Waals surface area contributed by atoms with E-state index in [0.29, 0.717) is 11.0 Å². The van der Waals surface area contributed by atoms with E-state index in [4.69, 9.17) is 68.3 Å². The Morgan fingerprint density at radius 1 is 1.00 bits per heavy atom. The molecule has 0 aliphatic carbocycles. The van der Waals surface area contributed by atoms with Crippen LogP contribution in [0.4, 0.5) is 10.2 Å². The number of imidazole rings is 2. The van der Waals surface area contributed by atoms with Gasteiger partial charge in [0, 0.05) is 0 Å². The molecule has 4 N–H and O–H groups in total. The number of nitrogens with two attached hydrogens (primary N) is 1. The van der Waals surface area contributed by atoms with Gasteiger partial charge >= 0.3 is 13.5 Å². The van der Waals surface area contributed by atoms with Crippen LogP contribution >= 0.6 is 49.0 Å². The molecule has 0 amide bonds. The summed E-state index contributed by atoms with van der Waals surface area (Å²) in [6.07, 6.45) is -7.75. The molecule has 45 heavy (non-hydrogen) atoms. The number of aliphatic hydroxyl groups is 1. The van der Waals surface area contributed by atoms with Crippen molar-refractivity contribution in [1.82, 2.24) is 29.1 Å². The third-order valence-electron chi connectivity index (χ3n) is 7.45. The largest absolute Gasteiger partial charge is 0.387 e. The third-order valence-corrected chi connectivity index (χ3v) is 11.3. The Morgan fingerprint density at radius 3 is 2.51 bits per heavy atom. The molecule has 4 unspecified atom stereocenters. The number of benzene rings is 1. The summed E-state index contributed by atoms with van der Waals surface area (Å²) in [5.74, 6) is 0.0635. The quantitative estimate of drug-likeness (QED) is 0.172. The topological polar surface area (TPSA) is 200 Å². The van der Waals surface area contributed by atoms with Crippen LogP contribution in [0.25, 0.3) is 22.2 Å². The molecular weight excluding hydrogens is 722 g/mol. The molecule has 0 saturated carbocycles. The third kappa shape index (κ3) is 5.91. The van der Waals surface area contributed by atoms with Crippen molar-refractivity contribution < 1.29 is 46.5 Å². The normalized spacial score (nSPS) is 37.7. The highest BCUT2D eigenvalue weighted by Gasteiger charge is 2.53. The van der Waals surface area contributed by atoms with Crippen LogP contribution in [0.3, 0.4) is 0 Å². The summed E-state index contributed by atoms with van der Waals surface area (Å²) >= 11 is 21.6. The summed E-state index contributed by atoms with van der Waals surface area (Å²) in [5, 5.41) is 11.7. The Morgan fingerprint density at radius 2 is 1.71 bits per heavy atom. The SMILES string of the molecule is Nc1ncnc2c1ncn2[C@@H]1O[C@@H]2COP(O)(=S)OC3[C@@H](O)[C@@H](COP(=O)(S)OC2[C@@H]1F)O[C@H]3n1cnc2cc(Cl)c(Cl)cc21. The standard InChI is InChI=1S/C22H22Cl2FN7O9P2S2/c23-8-1-10-11(2-9(8)24)31(6-29-10)22-18-16(33)12(38-22)3-36-42(34,44)40-17-13(4-37-43(35,45)41-18)39-21(14(17)25)32-7-30-15-19(26)27-5-28-20(15)32/h1-2,5-7,12-14,16-18,21-22,33H,3-4H2,(H,34,44)(H,35,45)(H2,26,27,28)/t12-,13-,14+,16+,17?,18?,21-,22-,42?,43?/m1/s1. The van der Waals surface area contributed by atoms with Crippen LogP contribution in [0, 0.1) is 0 Å². The lowest BCUT2D eigenvalue weighted by Crippen LogP contribution is -2.35. The van der Waals surface area contributed by atoms with Gasteiger partial charge < -0.3 is 34.3 Å². The van der Waals surface area contributed by atoms with Gasteiger partial charge in [0.1, 0.15) is 42.4 Å². The fourth-order valence-corrected chi connectivity index (χ4v) is 8.57. The molecule has 3 aliphatic rings. The predicted octanol–water partition coefficient (Wildman–Crippen LogP) is 3.33. The number of hydrogen-bond donors (Lipinski definition) is 4. The molecule has 10 atom stereocenters. The number of hydrogen-bond acceptors (Lipinski definition) is 14. The smallest absolute Gasteiger partial charge is 0.386 e. The molecule has 6 heterocycles. The van der Waals surface area contributed by atoms with Crippen molar-refractivity contribution in [2.24, 2.45) is 0 Å². The minimum atomic E-state index is -4.36. The highest BCUT2D eigenvalue weighted by molar-refractivity contribution is 8.44. The first-order chi connectivity index (χ1) is 21.3. The van der Waals surface area contributed by atoms with Crippen LogP contribution in [-0.4, -0.2) is 89.0 Å². The van der Waals surface area contributed by atoms with E-state index in [0.717, 1.165) is 0 Å². The second-order valence-electron chi connectivity index (χ2n) is 10.2. The minimum Gasteiger partial charge on any atom is -0.387 e. The number of nitrogens with zero attached hydrogens (tertiary/aromatic N) is 6. The van der Waals surface area contributed by atoms with E-state index in [1.807, 2.05) is 0 Å². The highest BCUT2D eigenvalue weighted by atomic mass is 35.5. The highest BCUT2D eigenvalue weighted by Crippen LogP contribution is 2.58. The van der Waals surface area contributed by atoms with Gasteiger partial charge in [0.05, 0.1) is 46.9 Å². The number of nitrogen functional groups attached to an aromatic ring is 1. The second kappa shape index (κ2) is 11.9. The molecule has 1 aromatic carbocycles. The lowest BCUT2D eigenvalue weighted by atomic mass is 10.1. The Balaban J connectivity index is 1.20. The summed E-state index contributed by atoms with van der Waals surface area (Å²) in [6.45, 7) is -9.70. The minimum absolute atomic E-state index is 0.0635. The van der Waals surface area contributed by atoms with Crippen molar-refractivity contribution >= 4 is 88.8 Å². The molecule has 3 fully saturated rings. The summed E-state index contributed by atoms with van der Waals surface area (Å²) in [4.78, 5) is 27.5. The number of halogens is 3. The van der Waals surface area contributed by atoms with E-state index in [1.54, 1.807) is 0 Å². The number of aliphatic hydroxyl groups excluding tert-OH is 1. The van der Waals surface area contributed by atoms with E-state index >= 15 is 4.39 Å². The Hall–Kier alpha value is -1.54. The average molecular weight is 744 g/mol. The maximum Gasteiger partial charge on any atom is 0.386 e. The van der Waals surface area contributed by atoms with Gasteiger partial charge in [-0.25, -0.2) is 28.9 Å². The average Bonchev–Trinajstić information content (AvgIpc) is 3.73. The summed E-state index contributed by atoms with van der Waals surface area (Å²) in [6, 6.07) is 3.07. The number of aromatic nitrogens is 6. The van der Waals surface area contributed by atoms with Gasteiger partial charge in [0.15, 0.2) is 30.1 Å². The lowest BCUT2D eigenvalue weighted by molar-refractivity contribution is -0.0585. The summed E-state index contributed by atoms with van der Waals surface area (Å²) < 4.78 is 66.4. The van der Waals surface area contributed by atoms with Crippen LogP contribution in [0.2, 0.25) is 10.0 Å². The van der Waals surface area contributed by atoms with Crippen LogP contribution in [0.5, 0.6) is 0 Å². The van der Waals surface area contributed by atoms with Gasteiger partial charge in [0.25, 0.3) is 0 Å². The van der Waals surface area contributed by atoms with Crippen molar-refractivity contribution in [2.75, 3.05) is 18.9 Å². The molecule has 16 nitrogen and oxygen atoms in total. The van der Waals surface area contributed by atoms with Gasteiger partial charge in [-0.3, -0.25) is 18.1 Å². The van der Waals surface area contributed by atoms with Gasteiger partial charge in [0.2, 0.25) is 0 Å². The zero-order valence-corrected chi connectivity index (χ0v) is 27.3. The van der Waals surface area contributed by atoms with Gasteiger partial charge in [-0.15, -0.1) is 0 Å². The fourth-order valence-electron chi connectivity index (χ4n) is 5.36. The molecule has 0 spiro atoms. The molecule has 2 bridgehead atoms. The number of alkyl halides is 1. The number of fused-ring (bicyclic) bond motifs is 5. The Kier molecular flexibility index (Phi) is 8.44. The van der Waals surface area contributed by atoms with E-state index in [2.05, 4.69) is 32.2 Å². The molecule has 4 aromatic rings. The van der Waals surface area contributed by atoms with Crippen LogP contribution in [0.15, 0.2) is 31.1 Å². The molecule has 3 aromatic heterocycles. The first-order valence-corrected chi connectivity index (χ1v) is 19.1. The van der Waals surface area contributed by atoms with Gasteiger partial charge in [-0.2, -0.15) is 0 Å². The molecule has 23 heteroatoms. The Labute approximate surface area is 272 Å². The van der Waals surface area contributed by atoms with E-state index in [1.165, 1.54) is 40.2 Å². The second-order valence-corrected chi connectivity index (χ2v) is 16.7. The van der Waals surface area contributed by atoms with Crippen LogP contribution < -0.4 is 5.73 Å². The predicted molar refractivity (Wildman–Crippen MR) is 163 cm³/mol. The monoisotopic (exact) mass is 743 g/mol. The van der Waals surface area contributed by atoms with Crippen molar-refractivity contribution in [3.63, 3.8) is 0 Å². The van der Waals surface area contributed by atoms with Crippen molar-refractivity contribution in [3.8, 4) is 0 Å². The van der Waals surface area contributed by atoms with Crippen LogP contribution in [-0.2, 0) is 43.9 Å². The maximum absolute atomic E-state index is 16.0. The number of anilines is 1. The molecule has 7 rings (SSSR count). The molecular formula is C22H22Cl2FN7O9P2S2. The van der Waals surface area contributed by atoms with Crippen molar-refractivity contribution in [3.05, 3.63) is 41.2 Å². The van der Waals surface area contributed by atoms with Gasteiger partial charge in [-0.1, -0.05) is 35.5 Å².